The number of Topliss-reactive ketones (excluding diaryl/α,β-unsaturated/α-hetero) is 1. The minimum absolute atomic E-state index is 0.0542. The van der Waals surface area contributed by atoms with E-state index in [-0.39, 0.29) is 25.2 Å². The summed E-state index contributed by atoms with van der Waals surface area (Å²) in [7, 11) is 1.45. The molecule has 0 aromatic carbocycles. The molecule has 0 aromatic heterocycles. The van der Waals surface area contributed by atoms with Gasteiger partial charge >= 0.3 is 11.9 Å². The number of ketones is 1. The van der Waals surface area contributed by atoms with Gasteiger partial charge in [-0.1, -0.05) is 44.5 Å². The summed E-state index contributed by atoms with van der Waals surface area (Å²) in [6.07, 6.45) is 5.48. The largest absolute Gasteiger partial charge is 0.457 e. The van der Waals surface area contributed by atoms with Gasteiger partial charge in [0.1, 0.15) is 12.8 Å². The molecular weight excluding hydrogens is 493 g/mol. The lowest BCUT2D eigenvalue weighted by Gasteiger charge is -2.62. The molecule has 38 heavy (non-hydrogen) atoms. The summed E-state index contributed by atoms with van der Waals surface area (Å²) in [6.45, 7) is 8.22. The monoisotopic (exact) mass is 533 g/mol. The normalized spacial score (nSPS) is 42.4. The third kappa shape index (κ3) is 3.79. The number of carbonyl (C=O) groups excluding carboxylic acids is 3. The zero-order chi connectivity index (χ0) is 28.1. The molecule has 0 bridgehead atoms. The zero-order valence-electron chi connectivity index (χ0n) is 23.2. The van der Waals surface area contributed by atoms with Crippen molar-refractivity contribution in [2.45, 2.75) is 90.5 Å². The Morgan fingerprint density at radius 2 is 1.84 bits per heavy atom. The lowest BCUT2D eigenvalue weighted by atomic mass is 9.44. The Kier molecular flexibility index (Phi) is 7.40. The quantitative estimate of drug-likeness (QED) is 0.385. The van der Waals surface area contributed by atoms with E-state index in [0.29, 0.717) is 25.0 Å². The Morgan fingerprint density at radius 1 is 1.16 bits per heavy atom. The first-order valence-electron chi connectivity index (χ1n) is 13.6. The van der Waals surface area contributed by atoms with Crippen LogP contribution in [-0.4, -0.2) is 59.6 Å². The Labute approximate surface area is 223 Å². The van der Waals surface area contributed by atoms with Gasteiger partial charge in [-0.2, -0.15) is 0 Å². The Bertz CT molecular complexity index is 1100. The Morgan fingerprint density at radius 3 is 2.47 bits per heavy atom. The minimum Gasteiger partial charge on any atom is -0.457 e. The topological polar surface area (TPSA) is 111 Å². The van der Waals surface area contributed by atoms with Gasteiger partial charge < -0.3 is 19.4 Å². The maximum absolute atomic E-state index is 17.6. The highest BCUT2D eigenvalue weighted by Gasteiger charge is 2.77. The van der Waals surface area contributed by atoms with E-state index in [1.165, 1.54) is 7.11 Å². The van der Waals surface area contributed by atoms with Crippen LogP contribution >= 0.6 is 0 Å². The standard InChI is InChI=1S/C29H40FNO7/c1-7-24(34)37-16-23(33)29(38-25(35)8-2)17(3)13-21-20-10-9-18-14-19(31-36-6)11-12-26(18,4)28(20,30)22(32)15-27(21,29)5/h11-12,14,17,20-22,32H,7-10,13,15-16H2,1-6H3/b31-19+/t17-,20-,21-,22-,26-,27-,28-,29-/m0/s1. The van der Waals surface area contributed by atoms with Crippen LogP contribution in [0, 0.1) is 28.6 Å². The molecule has 4 aliphatic rings. The molecule has 8 nitrogen and oxygen atoms in total. The molecule has 8 atom stereocenters. The fourth-order valence-electron chi connectivity index (χ4n) is 8.18. The molecule has 3 fully saturated rings. The first-order chi connectivity index (χ1) is 17.8. The molecule has 0 saturated heterocycles. The van der Waals surface area contributed by atoms with Crippen LogP contribution < -0.4 is 0 Å². The summed E-state index contributed by atoms with van der Waals surface area (Å²) in [5, 5.41) is 15.7. The van der Waals surface area contributed by atoms with Gasteiger partial charge in [0.25, 0.3) is 0 Å². The molecular formula is C29H40FNO7. The van der Waals surface area contributed by atoms with Crippen LogP contribution in [0.15, 0.2) is 29.0 Å². The lowest BCUT2D eigenvalue weighted by molar-refractivity contribution is -0.228. The van der Waals surface area contributed by atoms with Gasteiger partial charge in [-0.05, 0) is 50.7 Å². The SMILES string of the molecule is CCC(=O)OCC(=O)[C@@]1(OC(=O)CC)[C@@H](C)C[C@H]2[C@@H]3CCC4=C/C(=N/OC)C=C[C@]4(C)[C@@]3(F)[C@@H](O)C[C@@]21C. The van der Waals surface area contributed by atoms with Gasteiger partial charge in [-0.15, -0.1) is 0 Å². The fourth-order valence-corrected chi connectivity index (χ4v) is 8.18. The van der Waals surface area contributed by atoms with E-state index in [1.54, 1.807) is 26.0 Å². The van der Waals surface area contributed by atoms with Crippen LogP contribution in [0.1, 0.15) is 73.1 Å². The average Bonchev–Trinajstić information content (AvgIpc) is 3.10. The molecule has 4 aliphatic carbocycles. The number of fused-ring (bicyclic) bond motifs is 5. The number of oxime groups is 1. The van der Waals surface area contributed by atoms with Crippen molar-refractivity contribution in [1.29, 1.82) is 0 Å². The molecule has 4 rings (SSSR count). The summed E-state index contributed by atoms with van der Waals surface area (Å²) in [5.74, 6) is -2.99. The highest BCUT2D eigenvalue weighted by Crippen LogP contribution is 2.71. The Balaban J connectivity index is 1.79. The fraction of sp³-hybridized carbons (Fsp3) is 0.724. The molecule has 210 valence electrons. The maximum Gasteiger partial charge on any atom is 0.306 e. The summed E-state index contributed by atoms with van der Waals surface area (Å²) >= 11 is 0. The van der Waals surface area contributed by atoms with E-state index < -0.39 is 64.4 Å². The molecule has 0 amide bonds. The van der Waals surface area contributed by atoms with Gasteiger partial charge in [0, 0.05) is 35.5 Å². The van der Waals surface area contributed by atoms with Crippen LogP contribution in [0.25, 0.3) is 0 Å². The molecule has 0 unspecified atom stereocenters. The van der Waals surface area contributed by atoms with Crippen molar-refractivity contribution in [3.8, 4) is 0 Å². The summed E-state index contributed by atoms with van der Waals surface area (Å²) in [5.41, 5.74) is -4.33. The predicted molar refractivity (Wildman–Crippen MR) is 138 cm³/mol. The van der Waals surface area contributed by atoms with Gasteiger partial charge in [0.05, 0.1) is 6.10 Å². The van der Waals surface area contributed by atoms with Crippen LogP contribution in [-0.2, 0) is 28.7 Å². The number of carbonyl (C=O) groups is 3. The van der Waals surface area contributed by atoms with Gasteiger partial charge in [-0.3, -0.25) is 14.4 Å². The van der Waals surface area contributed by atoms with Crippen molar-refractivity contribution in [3.05, 3.63) is 23.8 Å². The lowest BCUT2D eigenvalue weighted by Crippen LogP contribution is -2.70. The average molecular weight is 534 g/mol. The van der Waals surface area contributed by atoms with Crippen LogP contribution in [0.2, 0.25) is 0 Å². The third-order valence-corrected chi connectivity index (χ3v) is 10.0. The second-order valence-corrected chi connectivity index (χ2v) is 11.7. The number of esters is 2. The molecule has 0 radical (unpaired) electrons. The van der Waals surface area contributed by atoms with E-state index in [1.807, 2.05) is 26.8 Å². The molecule has 9 heteroatoms. The first-order valence-corrected chi connectivity index (χ1v) is 13.6. The number of ether oxygens (including phenoxy) is 2. The smallest absolute Gasteiger partial charge is 0.306 e. The molecule has 3 saturated carbocycles. The predicted octanol–water partition coefficient (Wildman–Crippen LogP) is 4.25. The summed E-state index contributed by atoms with van der Waals surface area (Å²) in [6, 6.07) is 0. The zero-order valence-corrected chi connectivity index (χ0v) is 23.2. The number of hydrogen-bond acceptors (Lipinski definition) is 8. The summed E-state index contributed by atoms with van der Waals surface area (Å²) < 4.78 is 28.8. The molecule has 0 aliphatic heterocycles. The minimum atomic E-state index is -2.00. The number of nitrogens with zero attached hydrogens (tertiary/aromatic N) is 1. The van der Waals surface area contributed by atoms with Crippen molar-refractivity contribution in [2.24, 2.45) is 33.7 Å². The molecule has 1 N–H and O–H groups in total. The van der Waals surface area contributed by atoms with E-state index in [4.69, 9.17) is 14.3 Å². The molecule has 0 heterocycles. The number of allylic oxidation sites excluding steroid dienone is 4. The number of hydrogen-bond donors (Lipinski definition) is 1. The van der Waals surface area contributed by atoms with Gasteiger partial charge in [0.2, 0.25) is 5.78 Å². The van der Waals surface area contributed by atoms with Gasteiger partial charge in [-0.25, -0.2) is 4.39 Å². The number of alkyl halides is 1. The highest BCUT2D eigenvalue weighted by molar-refractivity contribution is 6.05. The maximum atomic E-state index is 17.6. The molecule has 0 spiro atoms. The summed E-state index contributed by atoms with van der Waals surface area (Å²) in [4.78, 5) is 43.4. The first kappa shape index (κ1) is 28.5. The van der Waals surface area contributed by atoms with Crippen molar-refractivity contribution >= 4 is 23.4 Å². The molecule has 0 aromatic rings. The van der Waals surface area contributed by atoms with E-state index in [0.717, 1.165) is 5.57 Å². The van der Waals surface area contributed by atoms with Crippen LogP contribution in [0.3, 0.4) is 0 Å². The second-order valence-electron chi connectivity index (χ2n) is 11.7. The van der Waals surface area contributed by atoms with E-state index in [2.05, 4.69) is 5.16 Å². The second kappa shape index (κ2) is 9.88. The number of aliphatic hydroxyl groups is 1. The highest BCUT2D eigenvalue weighted by atomic mass is 19.1. The van der Waals surface area contributed by atoms with Crippen LogP contribution in [0.4, 0.5) is 4.39 Å². The number of rotatable bonds is 7. The van der Waals surface area contributed by atoms with Crippen molar-refractivity contribution in [1.82, 2.24) is 0 Å². The van der Waals surface area contributed by atoms with Gasteiger partial charge in [0.15, 0.2) is 17.9 Å². The van der Waals surface area contributed by atoms with Crippen molar-refractivity contribution in [3.63, 3.8) is 0 Å². The van der Waals surface area contributed by atoms with E-state index >= 15 is 4.39 Å². The van der Waals surface area contributed by atoms with Crippen molar-refractivity contribution in [2.75, 3.05) is 13.7 Å². The number of aliphatic hydroxyl groups excluding tert-OH is 1. The van der Waals surface area contributed by atoms with E-state index in [9.17, 15) is 19.5 Å². The van der Waals surface area contributed by atoms with Crippen molar-refractivity contribution < 1.29 is 38.2 Å². The van der Waals surface area contributed by atoms with Crippen LogP contribution in [0.5, 0.6) is 0 Å². The third-order valence-electron chi connectivity index (χ3n) is 10.0. The number of halogens is 1. The Hall–Kier alpha value is -2.55.